The predicted octanol–water partition coefficient (Wildman–Crippen LogP) is 5.04. The molecule has 0 radical (unpaired) electrons. The highest BCUT2D eigenvalue weighted by Gasteiger charge is 2.52. The van der Waals surface area contributed by atoms with Gasteiger partial charge in [0.25, 0.3) is 0 Å². The summed E-state index contributed by atoms with van der Waals surface area (Å²) >= 11 is 0. The Hall–Kier alpha value is -2.30. The summed E-state index contributed by atoms with van der Waals surface area (Å²) in [6.07, 6.45) is 0. The largest absolute Gasteiger partial charge is 0.495 e. The van der Waals surface area contributed by atoms with Gasteiger partial charge in [0.15, 0.2) is 0 Å². The van der Waals surface area contributed by atoms with E-state index in [2.05, 4.69) is 0 Å². The van der Waals surface area contributed by atoms with Crippen LogP contribution >= 0.6 is 0 Å². The van der Waals surface area contributed by atoms with Gasteiger partial charge in [0.05, 0.1) is 16.7 Å². The quantitative estimate of drug-likeness (QED) is 0.452. The summed E-state index contributed by atoms with van der Waals surface area (Å²) in [7, 11) is -0.570. The SMILES string of the molecule is [2H]c1c([2H])c([2H])c2c(ccc3c2oc2cccc(B4OC(C)(C)C(C)(C)O4)c23)c1[2H]. The molecule has 1 saturated heterocycles. The molecule has 0 unspecified atom stereocenters. The molecule has 2 heterocycles. The van der Waals surface area contributed by atoms with Gasteiger partial charge in [0.2, 0.25) is 0 Å². The summed E-state index contributed by atoms with van der Waals surface area (Å²) in [5.41, 5.74) is 0.941. The molecule has 3 nitrogen and oxygen atoms in total. The van der Waals surface area contributed by atoms with Gasteiger partial charge in [-0.3, -0.25) is 0 Å². The Labute approximate surface area is 158 Å². The standard InChI is InChI=1S/C22H21BO3/c1-21(2)22(3,4)26-23(25-21)17-10-7-11-18-19(17)16-13-12-14-8-5-6-9-15(14)20(16)24-18/h5-13H,1-4H3/i5D,6D,8D,9D. The van der Waals surface area contributed by atoms with Gasteiger partial charge in [-0.25, -0.2) is 0 Å². The average molecular weight is 348 g/mol. The second-order valence-corrected chi connectivity index (χ2v) is 7.78. The highest BCUT2D eigenvalue weighted by molar-refractivity contribution is 6.66. The molecule has 4 aromatic rings. The third-order valence-electron chi connectivity index (χ3n) is 5.65. The lowest BCUT2D eigenvalue weighted by Gasteiger charge is -2.32. The zero-order valence-corrected chi connectivity index (χ0v) is 15.2. The summed E-state index contributed by atoms with van der Waals surface area (Å²) in [6.45, 7) is 8.02. The zero-order valence-electron chi connectivity index (χ0n) is 19.2. The van der Waals surface area contributed by atoms with Gasteiger partial charge in [-0.2, -0.15) is 0 Å². The van der Waals surface area contributed by atoms with Gasteiger partial charge in [-0.1, -0.05) is 42.4 Å². The lowest BCUT2D eigenvalue weighted by Crippen LogP contribution is -2.41. The van der Waals surface area contributed by atoms with E-state index >= 15 is 0 Å². The van der Waals surface area contributed by atoms with E-state index in [4.69, 9.17) is 19.2 Å². The first-order valence-corrected chi connectivity index (χ1v) is 8.73. The van der Waals surface area contributed by atoms with Gasteiger partial charge in [0.1, 0.15) is 11.2 Å². The minimum absolute atomic E-state index is 0.0699. The van der Waals surface area contributed by atoms with Crippen LogP contribution in [0.15, 0.2) is 58.9 Å². The molecule has 0 saturated carbocycles. The van der Waals surface area contributed by atoms with Gasteiger partial charge in [-0.15, -0.1) is 0 Å². The summed E-state index contributed by atoms with van der Waals surface area (Å²) in [4.78, 5) is 0. The van der Waals surface area contributed by atoms with Gasteiger partial charge >= 0.3 is 7.12 Å². The highest BCUT2D eigenvalue weighted by Crippen LogP contribution is 2.38. The summed E-state index contributed by atoms with van der Waals surface area (Å²) in [6, 6.07) is 8.55. The molecule has 1 aliphatic rings. The Morgan fingerprint density at radius 2 is 1.62 bits per heavy atom. The third kappa shape index (κ3) is 2.09. The molecule has 0 atom stereocenters. The molecule has 1 aromatic heterocycles. The number of hydrogen-bond donors (Lipinski definition) is 0. The second kappa shape index (κ2) is 5.12. The highest BCUT2D eigenvalue weighted by atomic mass is 16.7. The van der Waals surface area contributed by atoms with Gasteiger partial charge in [-0.05, 0) is 50.7 Å². The topological polar surface area (TPSA) is 31.6 Å². The van der Waals surface area contributed by atoms with E-state index in [9.17, 15) is 0 Å². The van der Waals surface area contributed by atoms with Crippen LogP contribution in [-0.2, 0) is 9.31 Å². The van der Waals surface area contributed by atoms with Crippen molar-refractivity contribution in [3.8, 4) is 0 Å². The third-order valence-corrected chi connectivity index (χ3v) is 5.65. The van der Waals surface area contributed by atoms with Crippen molar-refractivity contribution in [3.05, 3.63) is 54.5 Å². The van der Waals surface area contributed by atoms with Crippen LogP contribution < -0.4 is 5.46 Å². The van der Waals surface area contributed by atoms with Crippen molar-refractivity contribution in [2.24, 2.45) is 0 Å². The van der Waals surface area contributed by atoms with Crippen LogP contribution in [0.1, 0.15) is 33.2 Å². The fraction of sp³-hybridized carbons (Fsp3) is 0.273. The van der Waals surface area contributed by atoms with Gasteiger partial charge < -0.3 is 13.7 Å². The van der Waals surface area contributed by atoms with Gasteiger partial charge in [0, 0.05) is 16.2 Å². The Morgan fingerprint density at radius 3 is 2.38 bits per heavy atom. The molecular formula is C22H21BO3. The van der Waals surface area contributed by atoms with Crippen LogP contribution in [0.2, 0.25) is 0 Å². The molecule has 130 valence electrons. The number of fused-ring (bicyclic) bond motifs is 5. The predicted molar refractivity (Wildman–Crippen MR) is 107 cm³/mol. The first kappa shape index (κ1) is 12.2. The van der Waals surface area contributed by atoms with E-state index < -0.39 is 18.3 Å². The maximum absolute atomic E-state index is 8.41. The van der Waals surface area contributed by atoms with Crippen molar-refractivity contribution in [2.45, 2.75) is 38.9 Å². The lowest BCUT2D eigenvalue weighted by atomic mass is 9.76. The van der Waals surface area contributed by atoms with Crippen molar-refractivity contribution in [1.29, 1.82) is 0 Å². The molecule has 1 fully saturated rings. The summed E-state index contributed by atoms with van der Waals surface area (Å²) < 4.78 is 51.3. The molecule has 0 N–H and O–H groups in total. The number of rotatable bonds is 1. The Balaban J connectivity index is 1.84. The molecule has 26 heavy (non-hydrogen) atoms. The zero-order chi connectivity index (χ0) is 21.6. The van der Waals surface area contributed by atoms with E-state index in [-0.39, 0.29) is 24.2 Å². The Kier molecular flexibility index (Phi) is 2.39. The van der Waals surface area contributed by atoms with Crippen LogP contribution in [0, 0.1) is 0 Å². The molecule has 0 aliphatic carbocycles. The van der Waals surface area contributed by atoms with E-state index in [0.29, 0.717) is 21.9 Å². The number of hydrogen-bond acceptors (Lipinski definition) is 3. The minimum atomic E-state index is -0.570. The van der Waals surface area contributed by atoms with Crippen LogP contribution in [-0.4, -0.2) is 18.3 Å². The lowest BCUT2D eigenvalue weighted by molar-refractivity contribution is 0.00578. The van der Waals surface area contributed by atoms with Crippen molar-refractivity contribution in [3.63, 3.8) is 0 Å². The van der Waals surface area contributed by atoms with Crippen molar-refractivity contribution in [2.75, 3.05) is 0 Å². The maximum Gasteiger partial charge on any atom is 0.495 e. The Bertz CT molecular complexity index is 1340. The van der Waals surface area contributed by atoms with Crippen molar-refractivity contribution < 1.29 is 19.2 Å². The van der Waals surface area contributed by atoms with E-state index in [1.54, 1.807) is 6.07 Å². The summed E-state index contributed by atoms with van der Waals surface area (Å²) in [5, 5.41) is 2.42. The van der Waals surface area contributed by atoms with Crippen LogP contribution in [0.5, 0.6) is 0 Å². The fourth-order valence-corrected chi connectivity index (χ4v) is 3.50. The molecular weight excluding hydrogens is 323 g/mol. The molecule has 1 aliphatic heterocycles. The number of benzene rings is 3. The molecule has 0 amide bonds. The van der Waals surface area contributed by atoms with E-state index in [1.807, 2.05) is 52.0 Å². The van der Waals surface area contributed by atoms with Crippen LogP contribution in [0.3, 0.4) is 0 Å². The number of furan rings is 1. The van der Waals surface area contributed by atoms with Crippen LogP contribution in [0.25, 0.3) is 32.7 Å². The smallest absolute Gasteiger partial charge is 0.455 e. The molecule has 0 bridgehead atoms. The maximum atomic E-state index is 8.41. The second-order valence-electron chi connectivity index (χ2n) is 7.78. The first-order chi connectivity index (χ1) is 14.0. The normalized spacial score (nSPS) is 21.2. The van der Waals surface area contributed by atoms with Crippen molar-refractivity contribution in [1.82, 2.24) is 0 Å². The monoisotopic (exact) mass is 348 g/mol. The first-order valence-electron chi connectivity index (χ1n) is 10.7. The fourth-order valence-electron chi connectivity index (χ4n) is 3.50. The molecule has 4 heteroatoms. The minimum Gasteiger partial charge on any atom is -0.455 e. The molecule has 5 rings (SSSR count). The molecule has 3 aromatic carbocycles. The van der Waals surface area contributed by atoms with Crippen molar-refractivity contribution >= 4 is 45.3 Å². The van der Waals surface area contributed by atoms with E-state index in [0.717, 1.165) is 16.2 Å². The Morgan fingerprint density at radius 1 is 0.885 bits per heavy atom. The average Bonchev–Trinajstić information content (AvgIpc) is 3.17. The van der Waals surface area contributed by atoms with E-state index in [1.165, 1.54) is 0 Å². The summed E-state index contributed by atoms with van der Waals surface area (Å²) in [5.74, 6) is 0. The molecule has 0 spiro atoms. The van der Waals surface area contributed by atoms with Crippen LogP contribution in [0.4, 0.5) is 0 Å².